The van der Waals surface area contributed by atoms with Crippen LogP contribution in [0.5, 0.6) is 11.5 Å². The van der Waals surface area contributed by atoms with Crippen LogP contribution in [0.2, 0.25) is 0 Å². The van der Waals surface area contributed by atoms with Crippen LogP contribution < -0.4 is 9.47 Å². The lowest BCUT2D eigenvalue weighted by Gasteiger charge is -2.41. The van der Waals surface area contributed by atoms with E-state index in [2.05, 4.69) is 14.8 Å². The predicted octanol–water partition coefficient (Wildman–Crippen LogP) is 5.92. The van der Waals surface area contributed by atoms with Crippen LogP contribution in [0.3, 0.4) is 0 Å². The van der Waals surface area contributed by atoms with E-state index in [1.54, 1.807) is 19.4 Å². The Morgan fingerprint density at radius 3 is 2.42 bits per heavy atom. The van der Waals surface area contributed by atoms with E-state index in [0.717, 1.165) is 30.8 Å². The first-order chi connectivity index (χ1) is 21.7. The summed E-state index contributed by atoms with van der Waals surface area (Å²) in [4.78, 5) is 20.8. The lowest BCUT2D eigenvalue weighted by atomic mass is 9.71. The van der Waals surface area contributed by atoms with Crippen LogP contribution in [-0.4, -0.2) is 85.5 Å². The summed E-state index contributed by atoms with van der Waals surface area (Å²) in [6, 6.07) is 7.03. The number of fused-ring (bicyclic) bond motifs is 1. The molecular formula is C33H39F4N3O5. The minimum absolute atomic E-state index is 0.0657. The van der Waals surface area contributed by atoms with Crippen molar-refractivity contribution < 1.29 is 41.7 Å². The minimum Gasteiger partial charge on any atom is -0.497 e. The van der Waals surface area contributed by atoms with Gasteiger partial charge in [-0.15, -0.1) is 0 Å². The van der Waals surface area contributed by atoms with Gasteiger partial charge in [0.15, 0.2) is 17.5 Å². The number of benzene rings is 2. The summed E-state index contributed by atoms with van der Waals surface area (Å²) < 4.78 is 73.1. The smallest absolute Gasteiger partial charge is 0.303 e. The molecule has 0 aliphatic carbocycles. The molecule has 45 heavy (non-hydrogen) atoms. The summed E-state index contributed by atoms with van der Waals surface area (Å²) in [5, 5.41) is 10.5. The first-order valence-electron chi connectivity index (χ1n) is 15.3. The summed E-state index contributed by atoms with van der Waals surface area (Å²) in [6.07, 6.45) is 1.99. The molecule has 8 nitrogen and oxygen atoms in total. The number of carbonyl (C=O) groups is 1. The fourth-order valence-corrected chi connectivity index (χ4v) is 6.43. The minimum atomic E-state index is -1.55. The number of morpholine rings is 1. The van der Waals surface area contributed by atoms with E-state index >= 15 is 4.39 Å². The largest absolute Gasteiger partial charge is 0.497 e. The van der Waals surface area contributed by atoms with E-state index in [4.69, 9.17) is 14.2 Å². The molecule has 2 aliphatic rings. The monoisotopic (exact) mass is 633 g/mol. The number of carboxylic acids is 1. The standard InChI is InChI=1S/C33H39F4N3O5/c1-43-23-2-3-29-25(16-23)31(22(20-38-29)21-40-10-13-44-14-11-40)26(34)4-5-33(19-30(41)42)6-8-39(9-7-33)12-15-45-24-17-27(35)32(37)28(36)18-24/h2-3,16-18,20,26H,4-15,19,21H2,1H3,(H,41,42)/t26-/m1/s1. The molecule has 2 aromatic carbocycles. The highest BCUT2D eigenvalue weighted by atomic mass is 19.2. The number of nitrogens with zero attached hydrogens (tertiary/aromatic N) is 3. The molecule has 244 valence electrons. The first-order valence-corrected chi connectivity index (χ1v) is 15.3. The predicted molar refractivity (Wildman–Crippen MR) is 160 cm³/mol. The lowest BCUT2D eigenvalue weighted by molar-refractivity contribution is -0.141. The number of aromatic nitrogens is 1. The summed E-state index contributed by atoms with van der Waals surface area (Å²) in [6.45, 7) is 4.95. The zero-order valence-electron chi connectivity index (χ0n) is 25.4. The Kier molecular flexibility index (Phi) is 10.8. The Labute approximate surface area is 259 Å². The number of aliphatic carboxylic acids is 1. The quantitative estimate of drug-likeness (QED) is 0.184. The van der Waals surface area contributed by atoms with Gasteiger partial charge in [0.25, 0.3) is 0 Å². The number of piperidine rings is 1. The van der Waals surface area contributed by atoms with Crippen molar-refractivity contribution in [2.75, 3.05) is 59.7 Å². The van der Waals surface area contributed by atoms with Crippen LogP contribution >= 0.6 is 0 Å². The normalized spacial score (nSPS) is 18.2. The second-order valence-electron chi connectivity index (χ2n) is 11.9. The van der Waals surface area contributed by atoms with Crippen molar-refractivity contribution in [3.05, 3.63) is 65.1 Å². The van der Waals surface area contributed by atoms with Gasteiger partial charge >= 0.3 is 5.97 Å². The Morgan fingerprint density at radius 2 is 1.76 bits per heavy atom. The SMILES string of the molecule is COc1ccc2ncc(CN3CCOCC3)c([C@H](F)CCC3(CC(=O)O)CCN(CCOc4cc(F)c(F)c(F)c4)CC3)c2c1. The third kappa shape index (κ3) is 8.22. The third-order valence-corrected chi connectivity index (χ3v) is 9.01. The van der Waals surface area contributed by atoms with Gasteiger partial charge in [0.05, 0.1) is 32.3 Å². The molecule has 0 spiro atoms. The van der Waals surface area contributed by atoms with Gasteiger partial charge in [-0.05, 0) is 68.0 Å². The number of halogens is 4. The van der Waals surface area contributed by atoms with Crippen molar-refractivity contribution in [2.45, 2.75) is 44.8 Å². The molecule has 12 heteroatoms. The topological polar surface area (TPSA) is 84.4 Å². The van der Waals surface area contributed by atoms with E-state index in [0.29, 0.717) is 80.9 Å². The molecule has 3 heterocycles. The summed E-state index contributed by atoms with van der Waals surface area (Å²) >= 11 is 0. The van der Waals surface area contributed by atoms with Gasteiger partial charge in [-0.3, -0.25) is 19.6 Å². The molecule has 1 N–H and O–H groups in total. The summed E-state index contributed by atoms with van der Waals surface area (Å²) in [5.74, 6) is -4.61. The van der Waals surface area contributed by atoms with Gasteiger partial charge in [0.2, 0.25) is 0 Å². The van der Waals surface area contributed by atoms with Crippen LogP contribution in [0.15, 0.2) is 36.5 Å². The Bertz CT molecular complexity index is 1460. The zero-order chi connectivity index (χ0) is 32.0. The number of pyridine rings is 1. The van der Waals surface area contributed by atoms with E-state index in [1.807, 2.05) is 12.1 Å². The average molecular weight is 634 g/mol. The highest BCUT2D eigenvalue weighted by Gasteiger charge is 2.37. The lowest BCUT2D eigenvalue weighted by Crippen LogP contribution is -2.42. The number of methoxy groups -OCH3 is 1. The van der Waals surface area contributed by atoms with Crippen molar-refractivity contribution in [1.82, 2.24) is 14.8 Å². The molecule has 5 rings (SSSR count). The van der Waals surface area contributed by atoms with Crippen molar-refractivity contribution >= 4 is 16.9 Å². The molecule has 1 aromatic heterocycles. The second kappa shape index (κ2) is 14.7. The number of ether oxygens (including phenoxy) is 3. The van der Waals surface area contributed by atoms with Crippen molar-refractivity contribution in [2.24, 2.45) is 5.41 Å². The van der Waals surface area contributed by atoms with Crippen LogP contribution in [0.1, 0.15) is 49.4 Å². The third-order valence-electron chi connectivity index (χ3n) is 9.01. The van der Waals surface area contributed by atoms with Gasteiger partial charge in [-0.1, -0.05) is 0 Å². The number of hydrogen-bond donors (Lipinski definition) is 1. The molecule has 0 bridgehead atoms. The van der Waals surface area contributed by atoms with E-state index in [9.17, 15) is 23.1 Å². The molecule has 0 saturated carbocycles. The molecule has 0 amide bonds. The van der Waals surface area contributed by atoms with Crippen molar-refractivity contribution in [3.8, 4) is 11.5 Å². The summed E-state index contributed by atoms with van der Waals surface area (Å²) in [7, 11) is 1.56. The number of alkyl halides is 1. The maximum atomic E-state index is 16.5. The molecule has 0 unspecified atom stereocenters. The number of likely N-dealkylation sites (tertiary alicyclic amines) is 1. The van der Waals surface area contributed by atoms with Gasteiger partial charge in [0, 0.05) is 55.5 Å². The van der Waals surface area contributed by atoms with Gasteiger partial charge < -0.3 is 19.3 Å². The first kappa shape index (κ1) is 32.9. The van der Waals surface area contributed by atoms with E-state index in [1.165, 1.54) is 0 Å². The van der Waals surface area contributed by atoms with Crippen molar-refractivity contribution in [3.63, 3.8) is 0 Å². The average Bonchev–Trinajstić information content (AvgIpc) is 3.03. The maximum Gasteiger partial charge on any atom is 0.303 e. The molecule has 0 radical (unpaired) electrons. The molecular weight excluding hydrogens is 594 g/mol. The highest BCUT2D eigenvalue weighted by molar-refractivity contribution is 5.85. The molecule has 2 fully saturated rings. The van der Waals surface area contributed by atoms with E-state index < -0.39 is 35.0 Å². The fraction of sp³-hybridized carbons (Fsp3) is 0.515. The number of hydrogen-bond acceptors (Lipinski definition) is 7. The summed E-state index contributed by atoms with van der Waals surface area (Å²) in [5.41, 5.74) is 1.45. The Hall–Kier alpha value is -3.48. The van der Waals surface area contributed by atoms with Gasteiger partial charge in [0.1, 0.15) is 24.3 Å². The van der Waals surface area contributed by atoms with Crippen LogP contribution in [0, 0.1) is 22.9 Å². The second-order valence-corrected chi connectivity index (χ2v) is 11.9. The maximum absolute atomic E-state index is 16.5. The Morgan fingerprint density at radius 1 is 1.04 bits per heavy atom. The van der Waals surface area contributed by atoms with E-state index in [-0.39, 0.29) is 25.2 Å². The zero-order valence-corrected chi connectivity index (χ0v) is 25.4. The van der Waals surface area contributed by atoms with Gasteiger partial charge in [-0.25, -0.2) is 17.6 Å². The van der Waals surface area contributed by atoms with Gasteiger partial charge in [-0.2, -0.15) is 0 Å². The molecule has 2 saturated heterocycles. The number of rotatable bonds is 13. The van der Waals surface area contributed by atoms with Crippen LogP contribution in [0.4, 0.5) is 17.6 Å². The van der Waals surface area contributed by atoms with Crippen LogP contribution in [0.25, 0.3) is 10.9 Å². The van der Waals surface area contributed by atoms with Crippen molar-refractivity contribution in [1.29, 1.82) is 0 Å². The molecule has 1 atom stereocenters. The highest BCUT2D eigenvalue weighted by Crippen LogP contribution is 2.43. The molecule has 2 aliphatic heterocycles. The number of carboxylic acid groups (broad SMARTS) is 1. The van der Waals surface area contributed by atoms with Crippen LogP contribution in [-0.2, 0) is 16.1 Å². The molecule has 3 aromatic rings. The fourth-order valence-electron chi connectivity index (χ4n) is 6.43. The Balaban J connectivity index is 1.26.